The van der Waals surface area contributed by atoms with Gasteiger partial charge in [0.05, 0.1) is 23.6 Å². The van der Waals surface area contributed by atoms with Crippen LogP contribution in [0.4, 0.5) is 10.1 Å². The number of nitrogens with one attached hydrogen (secondary N) is 1. The predicted octanol–water partition coefficient (Wildman–Crippen LogP) is 3.58. The van der Waals surface area contributed by atoms with E-state index in [2.05, 4.69) is 5.32 Å². The summed E-state index contributed by atoms with van der Waals surface area (Å²) in [5.74, 6) is -0.551. The number of rotatable bonds is 7. The number of carbonyl (C=O) groups is 1. The monoisotopic (exact) mass is 420 g/mol. The maximum atomic E-state index is 13.8. The molecular weight excluding hydrogens is 395 g/mol. The van der Waals surface area contributed by atoms with Crippen LogP contribution in [0, 0.1) is 5.82 Å². The molecule has 2 aromatic carbocycles. The van der Waals surface area contributed by atoms with Crippen molar-refractivity contribution in [3.8, 4) is 5.75 Å². The molecule has 0 spiro atoms. The van der Waals surface area contributed by atoms with Gasteiger partial charge in [-0.05, 0) is 49.6 Å². The van der Waals surface area contributed by atoms with Gasteiger partial charge in [-0.15, -0.1) is 0 Å². The highest BCUT2D eigenvalue weighted by Gasteiger charge is 2.27. The summed E-state index contributed by atoms with van der Waals surface area (Å²) in [7, 11) is -3.65. The number of amides is 1. The van der Waals surface area contributed by atoms with Gasteiger partial charge in [-0.3, -0.25) is 4.79 Å². The van der Waals surface area contributed by atoms with Crippen molar-refractivity contribution in [3.05, 3.63) is 53.8 Å². The topological polar surface area (TPSA) is 75.7 Å². The van der Waals surface area contributed by atoms with E-state index in [1.165, 1.54) is 28.6 Å². The molecule has 0 bridgehead atoms. The highest BCUT2D eigenvalue weighted by Crippen LogP contribution is 2.30. The van der Waals surface area contributed by atoms with Crippen molar-refractivity contribution in [1.29, 1.82) is 0 Å². The lowest BCUT2D eigenvalue weighted by Crippen LogP contribution is -2.35. The van der Waals surface area contributed by atoms with E-state index in [1.807, 2.05) is 0 Å². The van der Waals surface area contributed by atoms with Crippen LogP contribution in [0.25, 0.3) is 0 Å². The minimum Gasteiger partial charge on any atom is -0.492 e. The highest BCUT2D eigenvalue weighted by atomic mass is 32.2. The smallest absolute Gasteiger partial charge is 0.243 e. The Kier molecular flexibility index (Phi) is 6.87. The number of nitrogens with zero attached hydrogens (tertiary/aromatic N) is 1. The summed E-state index contributed by atoms with van der Waals surface area (Å²) in [6.45, 7) is 3.13. The molecule has 1 fully saturated rings. The Morgan fingerprint density at radius 2 is 1.86 bits per heavy atom. The third-order valence-corrected chi connectivity index (χ3v) is 6.68. The number of benzene rings is 2. The van der Waals surface area contributed by atoms with Gasteiger partial charge in [-0.25, -0.2) is 12.8 Å². The van der Waals surface area contributed by atoms with Crippen LogP contribution < -0.4 is 10.1 Å². The Hall–Kier alpha value is -2.45. The zero-order valence-corrected chi connectivity index (χ0v) is 17.2. The Balaban J connectivity index is 1.85. The van der Waals surface area contributed by atoms with Crippen molar-refractivity contribution < 1.29 is 22.3 Å². The first-order chi connectivity index (χ1) is 13.9. The van der Waals surface area contributed by atoms with E-state index in [4.69, 9.17) is 4.74 Å². The number of piperidine rings is 1. The summed E-state index contributed by atoms with van der Waals surface area (Å²) in [4.78, 5) is 12.6. The van der Waals surface area contributed by atoms with Gasteiger partial charge in [-0.1, -0.05) is 24.6 Å². The van der Waals surface area contributed by atoms with E-state index < -0.39 is 21.7 Å². The Morgan fingerprint density at radius 1 is 1.14 bits per heavy atom. The van der Waals surface area contributed by atoms with Crippen LogP contribution in [0.3, 0.4) is 0 Å². The molecule has 1 aliphatic rings. The zero-order chi connectivity index (χ0) is 20.9. The van der Waals surface area contributed by atoms with Crippen molar-refractivity contribution >= 4 is 21.6 Å². The SMILES string of the molecule is CCOc1ccc(S(=O)(=O)N2CCCCC2)cc1NC(=O)Cc1ccccc1F. The summed E-state index contributed by atoms with van der Waals surface area (Å²) in [5, 5.41) is 2.67. The van der Waals surface area contributed by atoms with Gasteiger partial charge in [0, 0.05) is 13.1 Å². The number of hydrogen-bond acceptors (Lipinski definition) is 4. The molecule has 0 atom stereocenters. The molecule has 0 aliphatic carbocycles. The molecular formula is C21H25FN2O4S. The summed E-state index contributed by atoms with van der Waals surface area (Å²) in [5.41, 5.74) is 0.520. The lowest BCUT2D eigenvalue weighted by molar-refractivity contribution is -0.115. The average Bonchev–Trinajstić information content (AvgIpc) is 2.72. The van der Waals surface area contributed by atoms with Crippen molar-refractivity contribution in [2.45, 2.75) is 37.5 Å². The number of carbonyl (C=O) groups excluding carboxylic acids is 1. The van der Waals surface area contributed by atoms with Crippen LogP contribution in [-0.4, -0.2) is 38.3 Å². The Morgan fingerprint density at radius 3 is 2.55 bits per heavy atom. The average molecular weight is 421 g/mol. The maximum absolute atomic E-state index is 13.8. The molecule has 1 aliphatic heterocycles. The van der Waals surface area contributed by atoms with Crippen LogP contribution in [0.5, 0.6) is 5.75 Å². The molecule has 2 aromatic rings. The fraction of sp³-hybridized carbons (Fsp3) is 0.381. The molecule has 6 nitrogen and oxygen atoms in total. The first-order valence-corrected chi connectivity index (χ1v) is 11.2. The van der Waals surface area contributed by atoms with Crippen molar-refractivity contribution in [3.63, 3.8) is 0 Å². The second-order valence-electron chi connectivity index (χ2n) is 6.87. The van der Waals surface area contributed by atoms with Crippen LogP contribution in [0.1, 0.15) is 31.7 Å². The molecule has 8 heteroatoms. The minimum atomic E-state index is -3.65. The van der Waals surface area contributed by atoms with E-state index in [9.17, 15) is 17.6 Å². The van der Waals surface area contributed by atoms with Crippen LogP contribution in [0.2, 0.25) is 0 Å². The van der Waals surface area contributed by atoms with E-state index in [0.717, 1.165) is 19.3 Å². The summed E-state index contributed by atoms with van der Waals surface area (Å²) < 4.78 is 46.7. The second kappa shape index (κ2) is 9.37. The van der Waals surface area contributed by atoms with E-state index in [1.54, 1.807) is 25.1 Å². The molecule has 0 radical (unpaired) electrons. The number of sulfonamides is 1. The van der Waals surface area contributed by atoms with Crippen molar-refractivity contribution in [1.82, 2.24) is 4.31 Å². The maximum Gasteiger partial charge on any atom is 0.243 e. The van der Waals surface area contributed by atoms with Gasteiger partial charge < -0.3 is 10.1 Å². The largest absolute Gasteiger partial charge is 0.492 e. The summed E-state index contributed by atoms with van der Waals surface area (Å²) in [6, 6.07) is 10.5. The van der Waals surface area contributed by atoms with E-state index >= 15 is 0 Å². The number of hydrogen-bond donors (Lipinski definition) is 1. The zero-order valence-electron chi connectivity index (χ0n) is 16.4. The lowest BCUT2D eigenvalue weighted by Gasteiger charge is -2.26. The molecule has 0 saturated carbocycles. The van der Waals surface area contributed by atoms with E-state index in [-0.39, 0.29) is 22.6 Å². The summed E-state index contributed by atoms with van der Waals surface area (Å²) >= 11 is 0. The van der Waals surface area contributed by atoms with Crippen LogP contribution in [-0.2, 0) is 21.2 Å². The molecule has 3 rings (SSSR count). The lowest BCUT2D eigenvalue weighted by atomic mass is 10.1. The molecule has 1 N–H and O–H groups in total. The number of ether oxygens (including phenoxy) is 1. The molecule has 1 saturated heterocycles. The van der Waals surface area contributed by atoms with Gasteiger partial charge in [0.2, 0.25) is 15.9 Å². The second-order valence-corrected chi connectivity index (χ2v) is 8.81. The molecule has 1 heterocycles. The molecule has 29 heavy (non-hydrogen) atoms. The first kappa shape index (κ1) is 21.3. The Bertz CT molecular complexity index is 972. The normalized spacial score (nSPS) is 15.1. The van der Waals surface area contributed by atoms with Gasteiger partial charge in [0.1, 0.15) is 11.6 Å². The van der Waals surface area contributed by atoms with Gasteiger partial charge in [0.15, 0.2) is 0 Å². The minimum absolute atomic E-state index is 0.101. The van der Waals surface area contributed by atoms with Gasteiger partial charge in [-0.2, -0.15) is 4.31 Å². The number of anilines is 1. The van der Waals surface area contributed by atoms with E-state index in [0.29, 0.717) is 25.4 Å². The quantitative estimate of drug-likeness (QED) is 0.743. The van der Waals surface area contributed by atoms with Crippen LogP contribution in [0.15, 0.2) is 47.4 Å². The first-order valence-electron chi connectivity index (χ1n) is 9.72. The molecule has 156 valence electrons. The highest BCUT2D eigenvalue weighted by molar-refractivity contribution is 7.89. The number of halogens is 1. The predicted molar refractivity (Wildman–Crippen MR) is 109 cm³/mol. The third kappa shape index (κ3) is 5.13. The van der Waals surface area contributed by atoms with Crippen molar-refractivity contribution in [2.24, 2.45) is 0 Å². The van der Waals surface area contributed by atoms with Crippen molar-refractivity contribution in [2.75, 3.05) is 25.0 Å². The molecule has 0 aromatic heterocycles. The molecule has 1 amide bonds. The van der Waals surface area contributed by atoms with Gasteiger partial charge >= 0.3 is 0 Å². The fourth-order valence-electron chi connectivity index (χ4n) is 3.31. The fourth-order valence-corrected chi connectivity index (χ4v) is 4.86. The standard InChI is InChI=1S/C21H25FN2O4S/c1-2-28-20-11-10-17(29(26,27)24-12-6-3-7-13-24)15-19(20)23-21(25)14-16-8-4-5-9-18(16)22/h4-5,8-11,15H,2-3,6-7,12-14H2,1H3,(H,23,25). The third-order valence-electron chi connectivity index (χ3n) is 4.79. The summed E-state index contributed by atoms with van der Waals surface area (Å²) in [6.07, 6.45) is 2.53. The molecule has 0 unspecified atom stereocenters. The van der Waals surface area contributed by atoms with Crippen LogP contribution >= 0.6 is 0 Å². The van der Waals surface area contributed by atoms with Gasteiger partial charge in [0.25, 0.3) is 0 Å². The Labute approximate surface area is 170 Å².